The lowest BCUT2D eigenvalue weighted by Gasteiger charge is -2.13. The first-order valence-corrected chi connectivity index (χ1v) is 6.45. The number of hydrogen-bond donors (Lipinski definition) is 2. The Bertz CT molecular complexity index is 246. The monoisotopic (exact) mass is 260 g/mol. The van der Waals surface area contributed by atoms with Gasteiger partial charge >= 0.3 is 11.9 Å². The summed E-state index contributed by atoms with van der Waals surface area (Å²) in [5.74, 6) is 8.51. The van der Waals surface area contributed by atoms with Gasteiger partial charge in [-0.1, -0.05) is 32.6 Å². The molecule has 6 nitrogen and oxygen atoms in total. The van der Waals surface area contributed by atoms with Crippen LogP contribution in [0.1, 0.15) is 58.3 Å². The first-order chi connectivity index (χ1) is 8.65. The number of carbonyl (C=O) groups is 2. The Kier molecular flexibility index (Phi) is 10.3. The van der Waals surface area contributed by atoms with E-state index in [-0.39, 0.29) is 12.3 Å². The van der Waals surface area contributed by atoms with Gasteiger partial charge in [0, 0.05) is 6.42 Å². The molecule has 0 heterocycles. The van der Waals surface area contributed by atoms with Crippen molar-refractivity contribution in [1.29, 1.82) is 0 Å². The van der Waals surface area contributed by atoms with E-state index in [0.717, 1.165) is 32.1 Å². The summed E-state index contributed by atoms with van der Waals surface area (Å²) in [7, 11) is 0. The zero-order valence-corrected chi connectivity index (χ0v) is 11.0. The van der Waals surface area contributed by atoms with Gasteiger partial charge in [-0.3, -0.25) is 9.59 Å². The lowest BCUT2D eigenvalue weighted by molar-refractivity contribution is -0.150. The van der Waals surface area contributed by atoms with Crippen LogP contribution in [0.2, 0.25) is 0 Å². The fourth-order valence-corrected chi connectivity index (χ4v) is 1.85. The minimum atomic E-state index is -0.471. The molecule has 0 aliphatic carbocycles. The Labute approximate surface area is 108 Å². The molecule has 1 unspecified atom stereocenters. The number of rotatable bonds is 10. The number of hydrogen-bond acceptors (Lipinski definition) is 6. The van der Waals surface area contributed by atoms with Gasteiger partial charge in [0.1, 0.15) is 0 Å². The Morgan fingerprint density at radius 2 is 1.67 bits per heavy atom. The molecule has 0 bridgehead atoms. The van der Waals surface area contributed by atoms with E-state index in [4.69, 9.17) is 11.8 Å². The zero-order valence-electron chi connectivity index (χ0n) is 11.0. The minimum Gasteiger partial charge on any atom is -0.373 e. The highest BCUT2D eigenvalue weighted by molar-refractivity contribution is 5.72. The third kappa shape index (κ3) is 8.03. The second kappa shape index (κ2) is 11.0. The van der Waals surface area contributed by atoms with Crippen LogP contribution in [0, 0.1) is 5.92 Å². The van der Waals surface area contributed by atoms with E-state index in [2.05, 4.69) is 16.6 Å². The van der Waals surface area contributed by atoms with Crippen molar-refractivity contribution < 1.29 is 19.3 Å². The highest BCUT2D eigenvalue weighted by Crippen LogP contribution is 2.18. The van der Waals surface area contributed by atoms with Crippen molar-refractivity contribution in [3.05, 3.63) is 0 Å². The summed E-state index contributed by atoms with van der Waals surface area (Å²) in [4.78, 5) is 30.6. The largest absolute Gasteiger partial charge is 0.373 e. The van der Waals surface area contributed by atoms with Crippen molar-refractivity contribution in [1.82, 2.24) is 0 Å². The van der Waals surface area contributed by atoms with Crippen LogP contribution in [-0.2, 0) is 19.3 Å². The van der Waals surface area contributed by atoms with Gasteiger partial charge in [-0.25, -0.2) is 0 Å². The van der Waals surface area contributed by atoms with Crippen LogP contribution in [0.25, 0.3) is 0 Å². The topological polar surface area (TPSA) is 105 Å². The van der Waals surface area contributed by atoms with E-state index < -0.39 is 11.9 Å². The number of nitrogens with two attached hydrogens (primary N) is 2. The molecule has 0 rings (SSSR count). The summed E-state index contributed by atoms with van der Waals surface area (Å²) in [6.07, 6.45) is 6.43. The van der Waals surface area contributed by atoms with Crippen LogP contribution < -0.4 is 11.8 Å². The molecule has 0 aromatic rings. The predicted molar refractivity (Wildman–Crippen MR) is 66.7 cm³/mol. The maximum atomic E-state index is 11.4. The smallest absolute Gasteiger partial charge is 0.327 e. The van der Waals surface area contributed by atoms with Crippen LogP contribution in [-0.4, -0.2) is 11.9 Å². The Morgan fingerprint density at radius 3 is 2.22 bits per heavy atom. The van der Waals surface area contributed by atoms with E-state index in [1.54, 1.807) is 0 Å². The van der Waals surface area contributed by atoms with Crippen molar-refractivity contribution in [3.63, 3.8) is 0 Å². The molecule has 0 radical (unpaired) electrons. The predicted octanol–water partition coefficient (Wildman–Crippen LogP) is 1.58. The zero-order chi connectivity index (χ0) is 13.8. The second-order valence-electron chi connectivity index (χ2n) is 4.37. The van der Waals surface area contributed by atoms with Gasteiger partial charge in [-0.15, -0.1) is 0 Å². The van der Waals surface area contributed by atoms with Crippen LogP contribution in [0.4, 0.5) is 0 Å². The molecular formula is C12H24N2O4. The van der Waals surface area contributed by atoms with Gasteiger partial charge in [0.15, 0.2) is 0 Å². The fourth-order valence-electron chi connectivity index (χ4n) is 1.85. The fraction of sp³-hybridized carbons (Fsp3) is 0.833. The first kappa shape index (κ1) is 16.9. The molecule has 0 saturated carbocycles. The van der Waals surface area contributed by atoms with Crippen LogP contribution >= 0.6 is 0 Å². The van der Waals surface area contributed by atoms with Crippen molar-refractivity contribution in [2.45, 2.75) is 58.3 Å². The Balaban J connectivity index is 3.92. The van der Waals surface area contributed by atoms with Crippen LogP contribution in [0.3, 0.4) is 0 Å². The van der Waals surface area contributed by atoms with E-state index in [0.29, 0.717) is 12.8 Å². The van der Waals surface area contributed by atoms with Crippen molar-refractivity contribution in [3.8, 4) is 0 Å². The van der Waals surface area contributed by atoms with E-state index in [1.165, 1.54) is 0 Å². The molecule has 4 N–H and O–H groups in total. The molecular weight excluding hydrogens is 236 g/mol. The molecule has 0 spiro atoms. The standard InChI is InChI=1S/C12H24N2O4/c1-2-3-4-5-7-10(12(16)18-14)8-6-9-11(15)17-13/h10H,2-9,13-14H2,1H3. The van der Waals surface area contributed by atoms with Gasteiger partial charge in [0.25, 0.3) is 0 Å². The molecule has 106 valence electrons. The second-order valence-corrected chi connectivity index (χ2v) is 4.37. The maximum absolute atomic E-state index is 11.4. The SMILES string of the molecule is CCCCCCC(CCCC(=O)ON)C(=O)ON. The molecule has 0 amide bonds. The molecule has 0 saturated heterocycles. The van der Waals surface area contributed by atoms with Gasteiger partial charge in [-0.2, -0.15) is 11.8 Å². The van der Waals surface area contributed by atoms with E-state index in [1.807, 2.05) is 0 Å². The van der Waals surface area contributed by atoms with Gasteiger partial charge in [0.2, 0.25) is 0 Å². The van der Waals surface area contributed by atoms with Gasteiger partial charge in [-0.05, 0) is 19.3 Å². The molecule has 0 aliphatic heterocycles. The molecule has 0 aromatic heterocycles. The molecule has 0 fully saturated rings. The third-order valence-corrected chi connectivity index (χ3v) is 2.92. The van der Waals surface area contributed by atoms with Gasteiger partial charge in [0.05, 0.1) is 5.92 Å². The Morgan fingerprint density at radius 1 is 1.00 bits per heavy atom. The number of carbonyl (C=O) groups excluding carboxylic acids is 2. The van der Waals surface area contributed by atoms with Gasteiger partial charge < -0.3 is 9.68 Å². The lowest BCUT2D eigenvalue weighted by atomic mass is 9.95. The molecule has 0 aliphatic rings. The summed E-state index contributed by atoms with van der Waals surface area (Å²) in [6, 6.07) is 0. The van der Waals surface area contributed by atoms with Crippen molar-refractivity contribution >= 4 is 11.9 Å². The summed E-state index contributed by atoms with van der Waals surface area (Å²) < 4.78 is 0. The highest BCUT2D eigenvalue weighted by atomic mass is 16.7. The van der Waals surface area contributed by atoms with Crippen molar-refractivity contribution in [2.75, 3.05) is 0 Å². The number of unbranched alkanes of at least 4 members (excludes halogenated alkanes) is 3. The summed E-state index contributed by atoms with van der Waals surface area (Å²) in [6.45, 7) is 2.13. The van der Waals surface area contributed by atoms with Crippen molar-refractivity contribution in [2.24, 2.45) is 17.7 Å². The summed E-state index contributed by atoms with van der Waals surface area (Å²) >= 11 is 0. The van der Waals surface area contributed by atoms with E-state index in [9.17, 15) is 9.59 Å². The maximum Gasteiger partial charge on any atom is 0.327 e. The molecule has 0 aromatic carbocycles. The highest BCUT2D eigenvalue weighted by Gasteiger charge is 2.19. The van der Waals surface area contributed by atoms with E-state index >= 15 is 0 Å². The van der Waals surface area contributed by atoms with Crippen LogP contribution in [0.5, 0.6) is 0 Å². The molecule has 6 heteroatoms. The summed E-state index contributed by atoms with van der Waals surface area (Å²) in [5.41, 5.74) is 0. The summed E-state index contributed by atoms with van der Waals surface area (Å²) in [5, 5.41) is 0. The first-order valence-electron chi connectivity index (χ1n) is 6.45. The minimum absolute atomic E-state index is 0.208. The Hall–Kier alpha value is -1.14. The quantitative estimate of drug-likeness (QED) is 0.456. The third-order valence-electron chi connectivity index (χ3n) is 2.92. The average Bonchev–Trinajstić information content (AvgIpc) is 2.40. The lowest BCUT2D eigenvalue weighted by Crippen LogP contribution is -2.21. The molecule has 18 heavy (non-hydrogen) atoms. The normalized spacial score (nSPS) is 11.9. The molecule has 1 atom stereocenters. The average molecular weight is 260 g/mol. The van der Waals surface area contributed by atoms with Crippen LogP contribution in [0.15, 0.2) is 0 Å².